The lowest BCUT2D eigenvalue weighted by Crippen LogP contribution is -1.94. The minimum absolute atomic E-state index is 0.563. The van der Waals surface area contributed by atoms with Crippen molar-refractivity contribution in [2.45, 2.75) is 26.7 Å². The van der Waals surface area contributed by atoms with Crippen molar-refractivity contribution in [1.29, 1.82) is 0 Å². The molecule has 1 nitrogen and oxygen atoms in total. The van der Waals surface area contributed by atoms with E-state index in [1.807, 2.05) is 0 Å². The quantitative estimate of drug-likeness (QED) is 0.665. The predicted octanol–water partition coefficient (Wildman–Crippen LogP) is 5.47. The van der Waals surface area contributed by atoms with E-state index >= 15 is 0 Å². The largest absolute Gasteiger partial charge is 0.235 e. The molecule has 96 valence electrons. The van der Waals surface area contributed by atoms with Crippen LogP contribution in [0.4, 0.5) is 5.69 Å². The van der Waals surface area contributed by atoms with Crippen LogP contribution in [0.5, 0.6) is 0 Å². The highest BCUT2D eigenvalue weighted by atomic mass is 35.5. The van der Waals surface area contributed by atoms with E-state index in [0.717, 1.165) is 23.2 Å². The Bertz CT molecular complexity index is 614. The SMILES string of the molecule is CCc1ccc(N=c2ssc(Cl)c2Cl)c(CC)c1. The third-order valence-corrected chi connectivity index (χ3v) is 6.20. The summed E-state index contributed by atoms with van der Waals surface area (Å²) in [6.45, 7) is 4.29. The molecule has 0 radical (unpaired) electrons. The third kappa shape index (κ3) is 2.97. The van der Waals surface area contributed by atoms with Crippen LogP contribution in [0.25, 0.3) is 0 Å². The van der Waals surface area contributed by atoms with E-state index in [4.69, 9.17) is 23.2 Å². The van der Waals surface area contributed by atoms with Crippen molar-refractivity contribution < 1.29 is 0 Å². The van der Waals surface area contributed by atoms with Gasteiger partial charge in [0.25, 0.3) is 0 Å². The van der Waals surface area contributed by atoms with Crippen LogP contribution < -0.4 is 4.67 Å². The Hall–Kier alpha value is -0.350. The maximum atomic E-state index is 6.11. The van der Waals surface area contributed by atoms with Crippen LogP contribution in [0.1, 0.15) is 25.0 Å². The van der Waals surface area contributed by atoms with Crippen molar-refractivity contribution in [2.75, 3.05) is 0 Å². The summed E-state index contributed by atoms with van der Waals surface area (Å²) in [4.78, 5) is 4.62. The fourth-order valence-electron chi connectivity index (χ4n) is 1.66. The van der Waals surface area contributed by atoms with Crippen LogP contribution in [0.15, 0.2) is 23.2 Å². The molecule has 1 aromatic carbocycles. The van der Waals surface area contributed by atoms with E-state index in [-0.39, 0.29) is 0 Å². The highest BCUT2D eigenvalue weighted by molar-refractivity contribution is 7.69. The molecule has 0 aliphatic carbocycles. The third-order valence-electron chi connectivity index (χ3n) is 2.71. The molecule has 2 rings (SSSR count). The molecule has 18 heavy (non-hydrogen) atoms. The molecular weight excluding hydrogens is 305 g/mol. The molecule has 2 aromatic rings. The van der Waals surface area contributed by atoms with Gasteiger partial charge in [0.1, 0.15) is 14.0 Å². The zero-order valence-corrected chi connectivity index (χ0v) is 13.3. The second-order valence-corrected chi connectivity index (χ2v) is 6.95. The van der Waals surface area contributed by atoms with E-state index in [0.29, 0.717) is 9.36 Å². The van der Waals surface area contributed by atoms with Gasteiger partial charge in [-0.3, -0.25) is 0 Å². The molecule has 0 atom stereocenters. The molecule has 0 bridgehead atoms. The topological polar surface area (TPSA) is 12.4 Å². The number of rotatable bonds is 3. The normalized spacial score (nSPS) is 12.1. The average Bonchev–Trinajstić information content (AvgIpc) is 2.71. The minimum atomic E-state index is 0.563. The van der Waals surface area contributed by atoms with Crippen molar-refractivity contribution in [2.24, 2.45) is 4.99 Å². The summed E-state index contributed by atoms with van der Waals surface area (Å²) in [5.41, 5.74) is 3.58. The Labute approximate surface area is 124 Å². The van der Waals surface area contributed by atoms with Crippen molar-refractivity contribution >= 4 is 49.6 Å². The molecule has 0 saturated heterocycles. The fraction of sp³-hybridized carbons (Fsp3) is 0.308. The summed E-state index contributed by atoms with van der Waals surface area (Å²) in [6.07, 6.45) is 2.01. The smallest absolute Gasteiger partial charge is 0.147 e. The molecule has 0 aliphatic rings. The van der Waals surface area contributed by atoms with Gasteiger partial charge < -0.3 is 0 Å². The number of hydrogen-bond acceptors (Lipinski definition) is 3. The minimum Gasteiger partial charge on any atom is -0.235 e. The van der Waals surface area contributed by atoms with E-state index in [1.54, 1.807) is 0 Å². The van der Waals surface area contributed by atoms with Crippen molar-refractivity contribution in [3.8, 4) is 0 Å². The van der Waals surface area contributed by atoms with Crippen LogP contribution in [0, 0.1) is 0 Å². The highest BCUT2D eigenvalue weighted by Gasteiger charge is 2.06. The second-order valence-electron chi connectivity index (χ2n) is 3.84. The van der Waals surface area contributed by atoms with Gasteiger partial charge in [0, 0.05) is 0 Å². The lowest BCUT2D eigenvalue weighted by atomic mass is 10.1. The summed E-state index contributed by atoms with van der Waals surface area (Å²) in [5.74, 6) is 0. The first-order chi connectivity index (χ1) is 8.65. The van der Waals surface area contributed by atoms with Crippen LogP contribution in [0.3, 0.4) is 0 Å². The summed E-state index contributed by atoms with van der Waals surface area (Å²) in [7, 11) is 2.96. The summed E-state index contributed by atoms with van der Waals surface area (Å²) in [5, 5.41) is 0.563. The van der Waals surface area contributed by atoms with E-state index in [2.05, 4.69) is 37.0 Å². The van der Waals surface area contributed by atoms with Crippen molar-refractivity contribution in [3.05, 3.63) is 43.4 Å². The first-order valence-electron chi connectivity index (χ1n) is 5.76. The summed E-state index contributed by atoms with van der Waals surface area (Å²) in [6, 6.07) is 6.39. The molecule has 0 N–H and O–H groups in total. The summed E-state index contributed by atoms with van der Waals surface area (Å²) < 4.78 is 1.41. The summed E-state index contributed by atoms with van der Waals surface area (Å²) >= 11 is 12.1. The fourth-order valence-corrected chi connectivity index (χ4v) is 4.40. The highest BCUT2D eigenvalue weighted by Crippen LogP contribution is 2.28. The van der Waals surface area contributed by atoms with E-state index in [9.17, 15) is 0 Å². The number of benzene rings is 1. The molecule has 0 saturated carbocycles. The van der Waals surface area contributed by atoms with Gasteiger partial charge in [-0.05, 0) is 30.0 Å². The first-order valence-corrected chi connectivity index (χ1v) is 8.67. The zero-order chi connectivity index (χ0) is 13.1. The molecule has 1 aromatic heterocycles. The van der Waals surface area contributed by atoms with Crippen LogP contribution in [-0.4, -0.2) is 0 Å². The Kier molecular flexibility index (Phi) is 4.84. The Morgan fingerprint density at radius 2 is 1.89 bits per heavy atom. The monoisotopic (exact) mass is 317 g/mol. The lowest BCUT2D eigenvalue weighted by Gasteiger charge is -2.05. The molecular formula is C13H13Cl2NS2. The van der Waals surface area contributed by atoms with Gasteiger partial charge in [0.2, 0.25) is 0 Å². The van der Waals surface area contributed by atoms with Gasteiger partial charge in [-0.1, -0.05) is 69.9 Å². The van der Waals surface area contributed by atoms with Crippen molar-refractivity contribution in [3.63, 3.8) is 0 Å². The Morgan fingerprint density at radius 3 is 2.44 bits per heavy atom. The van der Waals surface area contributed by atoms with Gasteiger partial charge in [-0.15, -0.1) is 0 Å². The molecule has 0 spiro atoms. The van der Waals surface area contributed by atoms with Gasteiger partial charge in [0.05, 0.1) is 5.69 Å². The molecule has 0 unspecified atom stereocenters. The second kappa shape index (κ2) is 6.20. The Morgan fingerprint density at radius 1 is 1.11 bits per heavy atom. The zero-order valence-electron chi connectivity index (χ0n) is 10.2. The van der Waals surface area contributed by atoms with Crippen LogP contribution in [0.2, 0.25) is 9.36 Å². The number of halogens is 2. The van der Waals surface area contributed by atoms with Crippen molar-refractivity contribution in [1.82, 2.24) is 0 Å². The molecule has 5 heteroatoms. The van der Waals surface area contributed by atoms with E-state index < -0.39 is 0 Å². The van der Waals surface area contributed by atoms with Gasteiger partial charge >= 0.3 is 0 Å². The van der Waals surface area contributed by atoms with Gasteiger partial charge in [-0.2, -0.15) is 0 Å². The average molecular weight is 318 g/mol. The molecule has 0 amide bonds. The lowest BCUT2D eigenvalue weighted by molar-refractivity contribution is 1.08. The number of hydrogen-bond donors (Lipinski definition) is 0. The molecule has 1 heterocycles. The number of nitrogens with zero attached hydrogens (tertiary/aromatic N) is 1. The molecule has 0 aliphatic heterocycles. The first kappa shape index (κ1) is 14.1. The Balaban J connectivity index is 2.52. The van der Waals surface area contributed by atoms with Gasteiger partial charge in [-0.25, -0.2) is 4.99 Å². The van der Waals surface area contributed by atoms with Crippen LogP contribution >= 0.6 is 43.9 Å². The maximum Gasteiger partial charge on any atom is 0.147 e. The predicted molar refractivity (Wildman–Crippen MR) is 82.6 cm³/mol. The number of aryl methyl sites for hydroxylation is 2. The van der Waals surface area contributed by atoms with Gasteiger partial charge in [0.15, 0.2) is 0 Å². The maximum absolute atomic E-state index is 6.11. The molecule has 0 fully saturated rings. The van der Waals surface area contributed by atoms with Crippen LogP contribution in [-0.2, 0) is 12.8 Å². The van der Waals surface area contributed by atoms with E-state index in [1.165, 1.54) is 31.8 Å². The standard InChI is InChI=1S/C13H13Cl2NS2/c1-3-8-5-6-10(9(4-2)7-8)16-13-11(14)12(15)17-18-13/h5-7H,3-4H2,1-2H3.